The second kappa shape index (κ2) is 6.68. The lowest BCUT2D eigenvalue weighted by Crippen LogP contribution is -2.21. The third kappa shape index (κ3) is 3.16. The highest BCUT2D eigenvalue weighted by molar-refractivity contribution is 5.48. The standard InChI is InChI=1S/C17H19NO4/c1-20-14-7-5-12(6-8-14)15(19)10-18-9-13-3-2-4-16-17(13)22-11-21-16/h2-8,15,18-19H,9-11H2,1H3. The van der Waals surface area contributed by atoms with E-state index in [9.17, 15) is 5.11 Å². The molecule has 3 rings (SSSR count). The summed E-state index contributed by atoms with van der Waals surface area (Å²) in [6.07, 6.45) is -0.570. The van der Waals surface area contributed by atoms with Gasteiger partial charge in [0.15, 0.2) is 11.5 Å². The fraction of sp³-hybridized carbons (Fsp3) is 0.294. The maximum Gasteiger partial charge on any atom is 0.231 e. The zero-order valence-electron chi connectivity index (χ0n) is 12.4. The Morgan fingerprint density at radius 3 is 2.77 bits per heavy atom. The van der Waals surface area contributed by atoms with Crippen molar-refractivity contribution in [2.75, 3.05) is 20.4 Å². The van der Waals surface area contributed by atoms with Crippen molar-refractivity contribution < 1.29 is 19.3 Å². The number of hydrogen-bond acceptors (Lipinski definition) is 5. The number of para-hydroxylation sites is 1. The van der Waals surface area contributed by atoms with Crippen LogP contribution in [-0.2, 0) is 6.54 Å². The number of aliphatic hydroxyl groups is 1. The van der Waals surface area contributed by atoms with Crippen LogP contribution in [0.4, 0.5) is 0 Å². The molecule has 0 aliphatic carbocycles. The molecule has 0 aromatic heterocycles. The quantitative estimate of drug-likeness (QED) is 0.857. The Bertz CT molecular complexity index is 627. The molecule has 2 aromatic carbocycles. The molecule has 1 aliphatic rings. The molecule has 116 valence electrons. The minimum absolute atomic E-state index is 0.265. The van der Waals surface area contributed by atoms with E-state index in [-0.39, 0.29) is 6.79 Å². The Labute approximate surface area is 129 Å². The van der Waals surface area contributed by atoms with Gasteiger partial charge in [0, 0.05) is 18.7 Å². The lowest BCUT2D eigenvalue weighted by atomic mass is 10.1. The molecule has 1 aliphatic heterocycles. The van der Waals surface area contributed by atoms with E-state index in [2.05, 4.69) is 5.32 Å². The Morgan fingerprint density at radius 1 is 1.18 bits per heavy atom. The van der Waals surface area contributed by atoms with E-state index in [0.29, 0.717) is 13.1 Å². The SMILES string of the molecule is COc1ccc(C(O)CNCc2cccc3c2OCO3)cc1. The van der Waals surface area contributed by atoms with E-state index in [1.54, 1.807) is 7.11 Å². The maximum atomic E-state index is 10.2. The molecular formula is C17H19NO4. The zero-order chi connectivity index (χ0) is 15.4. The van der Waals surface area contributed by atoms with Gasteiger partial charge in [0.05, 0.1) is 13.2 Å². The summed E-state index contributed by atoms with van der Waals surface area (Å²) in [5.74, 6) is 2.34. The highest BCUT2D eigenvalue weighted by Gasteiger charge is 2.17. The molecule has 0 saturated heterocycles. The second-order valence-corrected chi connectivity index (χ2v) is 5.07. The highest BCUT2D eigenvalue weighted by Crippen LogP contribution is 2.35. The summed E-state index contributed by atoms with van der Waals surface area (Å²) in [5, 5.41) is 13.4. The average molecular weight is 301 g/mol. The van der Waals surface area contributed by atoms with Gasteiger partial charge in [0.25, 0.3) is 0 Å². The minimum Gasteiger partial charge on any atom is -0.497 e. The first kappa shape index (κ1) is 14.7. The van der Waals surface area contributed by atoms with Gasteiger partial charge in [-0.1, -0.05) is 24.3 Å². The molecule has 0 saturated carbocycles. The van der Waals surface area contributed by atoms with Crippen molar-refractivity contribution in [3.63, 3.8) is 0 Å². The van der Waals surface area contributed by atoms with Gasteiger partial charge >= 0.3 is 0 Å². The summed E-state index contributed by atoms with van der Waals surface area (Å²) in [6, 6.07) is 13.2. The lowest BCUT2D eigenvalue weighted by Gasteiger charge is -2.13. The van der Waals surface area contributed by atoms with Crippen molar-refractivity contribution in [2.45, 2.75) is 12.6 Å². The number of fused-ring (bicyclic) bond motifs is 1. The van der Waals surface area contributed by atoms with Crippen molar-refractivity contribution in [3.8, 4) is 17.2 Å². The number of benzene rings is 2. The molecule has 22 heavy (non-hydrogen) atoms. The summed E-state index contributed by atoms with van der Waals surface area (Å²) in [5.41, 5.74) is 1.88. The Balaban J connectivity index is 1.55. The Morgan fingerprint density at radius 2 is 2.00 bits per heavy atom. The van der Waals surface area contributed by atoms with Crippen molar-refractivity contribution >= 4 is 0 Å². The zero-order valence-corrected chi connectivity index (χ0v) is 12.4. The number of methoxy groups -OCH3 is 1. The molecule has 0 fully saturated rings. The maximum absolute atomic E-state index is 10.2. The van der Waals surface area contributed by atoms with Crippen LogP contribution in [0, 0.1) is 0 Å². The number of rotatable bonds is 6. The van der Waals surface area contributed by atoms with Gasteiger partial charge < -0.3 is 24.6 Å². The molecule has 2 aromatic rings. The Kier molecular flexibility index (Phi) is 4.46. The molecule has 0 spiro atoms. The normalized spacial score (nSPS) is 13.9. The molecule has 2 N–H and O–H groups in total. The van der Waals surface area contributed by atoms with Crippen LogP contribution >= 0.6 is 0 Å². The molecule has 0 amide bonds. The van der Waals surface area contributed by atoms with Crippen molar-refractivity contribution in [1.29, 1.82) is 0 Å². The van der Waals surface area contributed by atoms with Crippen LogP contribution in [0.1, 0.15) is 17.2 Å². The third-order valence-electron chi connectivity index (χ3n) is 3.63. The first-order valence-corrected chi connectivity index (χ1v) is 7.18. The van der Waals surface area contributed by atoms with Crippen LogP contribution in [0.5, 0.6) is 17.2 Å². The van der Waals surface area contributed by atoms with Crippen molar-refractivity contribution in [1.82, 2.24) is 5.32 Å². The van der Waals surface area contributed by atoms with Gasteiger partial charge in [-0.05, 0) is 23.8 Å². The monoisotopic (exact) mass is 301 g/mol. The first-order valence-electron chi connectivity index (χ1n) is 7.18. The van der Waals surface area contributed by atoms with Crippen molar-refractivity contribution in [3.05, 3.63) is 53.6 Å². The van der Waals surface area contributed by atoms with E-state index in [0.717, 1.165) is 28.4 Å². The highest BCUT2D eigenvalue weighted by atomic mass is 16.7. The summed E-state index contributed by atoms with van der Waals surface area (Å²) < 4.78 is 15.9. The fourth-order valence-electron chi connectivity index (χ4n) is 2.42. The van der Waals surface area contributed by atoms with Gasteiger partial charge in [-0.25, -0.2) is 0 Å². The predicted molar refractivity (Wildman–Crippen MR) is 82.2 cm³/mol. The van der Waals surface area contributed by atoms with Crippen LogP contribution in [-0.4, -0.2) is 25.6 Å². The average Bonchev–Trinajstić information content (AvgIpc) is 3.04. The van der Waals surface area contributed by atoms with E-state index in [1.807, 2.05) is 42.5 Å². The van der Waals surface area contributed by atoms with E-state index in [1.165, 1.54) is 0 Å². The van der Waals surface area contributed by atoms with Gasteiger partial charge in [0.1, 0.15) is 5.75 Å². The third-order valence-corrected chi connectivity index (χ3v) is 3.63. The summed E-state index contributed by atoms with van der Waals surface area (Å²) in [7, 11) is 1.62. The second-order valence-electron chi connectivity index (χ2n) is 5.07. The van der Waals surface area contributed by atoms with Crippen LogP contribution in [0.15, 0.2) is 42.5 Å². The van der Waals surface area contributed by atoms with E-state index in [4.69, 9.17) is 14.2 Å². The smallest absolute Gasteiger partial charge is 0.231 e. The van der Waals surface area contributed by atoms with Crippen LogP contribution in [0.3, 0.4) is 0 Å². The minimum atomic E-state index is -0.570. The molecule has 1 unspecified atom stereocenters. The number of ether oxygens (including phenoxy) is 3. The Hall–Kier alpha value is -2.24. The van der Waals surface area contributed by atoms with E-state index < -0.39 is 6.10 Å². The molecule has 0 bridgehead atoms. The van der Waals surface area contributed by atoms with E-state index >= 15 is 0 Å². The number of nitrogens with one attached hydrogen (secondary N) is 1. The number of hydrogen-bond donors (Lipinski definition) is 2. The van der Waals surface area contributed by atoms with Crippen LogP contribution in [0.25, 0.3) is 0 Å². The predicted octanol–water partition coefficient (Wildman–Crippen LogP) is 2.25. The van der Waals surface area contributed by atoms with Crippen LogP contribution < -0.4 is 19.5 Å². The molecular weight excluding hydrogens is 282 g/mol. The molecule has 0 radical (unpaired) electrons. The van der Waals surface area contributed by atoms with Crippen molar-refractivity contribution in [2.24, 2.45) is 0 Å². The van der Waals surface area contributed by atoms with Gasteiger partial charge in [0.2, 0.25) is 6.79 Å². The number of aliphatic hydroxyl groups excluding tert-OH is 1. The fourth-order valence-corrected chi connectivity index (χ4v) is 2.42. The van der Waals surface area contributed by atoms with Crippen LogP contribution in [0.2, 0.25) is 0 Å². The topological polar surface area (TPSA) is 60.0 Å². The summed E-state index contributed by atoms with van der Waals surface area (Å²) in [6.45, 7) is 1.33. The van der Waals surface area contributed by atoms with Gasteiger partial charge in [-0.15, -0.1) is 0 Å². The largest absolute Gasteiger partial charge is 0.497 e. The molecule has 5 heteroatoms. The molecule has 5 nitrogen and oxygen atoms in total. The summed E-state index contributed by atoms with van der Waals surface area (Å²) in [4.78, 5) is 0. The van der Waals surface area contributed by atoms with Gasteiger partial charge in [-0.3, -0.25) is 0 Å². The summed E-state index contributed by atoms with van der Waals surface area (Å²) >= 11 is 0. The lowest BCUT2D eigenvalue weighted by molar-refractivity contribution is 0.170. The van der Waals surface area contributed by atoms with Gasteiger partial charge in [-0.2, -0.15) is 0 Å². The molecule has 1 heterocycles. The molecule has 1 atom stereocenters. The first-order chi connectivity index (χ1) is 10.8.